The second-order valence-electron chi connectivity index (χ2n) is 4.94. The maximum atomic E-state index is 11.9. The minimum Gasteiger partial charge on any atom is -0.481 e. The zero-order valence-corrected chi connectivity index (χ0v) is 14.0. The highest BCUT2D eigenvalue weighted by molar-refractivity contribution is 14.1. The number of carbonyl (C=O) groups excluding carboxylic acids is 1. The van der Waals surface area contributed by atoms with Crippen molar-refractivity contribution in [3.05, 3.63) is 19.9 Å². The van der Waals surface area contributed by atoms with Gasteiger partial charge in [-0.05, 0) is 46.9 Å². The third-order valence-corrected chi connectivity index (χ3v) is 4.44. The van der Waals surface area contributed by atoms with E-state index in [9.17, 15) is 9.59 Å². The van der Waals surface area contributed by atoms with Crippen molar-refractivity contribution < 1.29 is 14.7 Å². The SMILES string of the molecule is CC(C)CC(CNC(=O)c1csc(I)c1)CC(=O)O. The molecule has 0 aromatic carbocycles. The van der Waals surface area contributed by atoms with Gasteiger partial charge < -0.3 is 10.4 Å². The van der Waals surface area contributed by atoms with Crippen molar-refractivity contribution in [2.45, 2.75) is 26.7 Å². The lowest BCUT2D eigenvalue weighted by atomic mass is 9.94. The molecule has 0 bridgehead atoms. The molecule has 0 aliphatic heterocycles. The highest BCUT2D eigenvalue weighted by Crippen LogP contribution is 2.18. The van der Waals surface area contributed by atoms with Crippen molar-refractivity contribution in [2.24, 2.45) is 11.8 Å². The molecular weight excluding hydrogens is 377 g/mol. The first-order chi connectivity index (χ1) is 8.88. The minimum absolute atomic E-state index is 0.0147. The summed E-state index contributed by atoms with van der Waals surface area (Å²) in [6, 6.07) is 1.83. The summed E-state index contributed by atoms with van der Waals surface area (Å²) in [5, 5.41) is 13.5. The second kappa shape index (κ2) is 7.84. The summed E-state index contributed by atoms with van der Waals surface area (Å²) in [6.45, 7) is 4.52. The van der Waals surface area contributed by atoms with E-state index in [1.54, 1.807) is 0 Å². The molecule has 106 valence electrons. The largest absolute Gasteiger partial charge is 0.481 e. The number of aliphatic carboxylic acids is 1. The summed E-state index contributed by atoms with van der Waals surface area (Å²) in [7, 11) is 0. The van der Waals surface area contributed by atoms with Gasteiger partial charge in [0, 0.05) is 18.3 Å². The predicted octanol–water partition coefficient (Wildman–Crippen LogP) is 3.22. The van der Waals surface area contributed by atoms with Crippen LogP contribution in [-0.2, 0) is 4.79 Å². The van der Waals surface area contributed by atoms with Crippen molar-refractivity contribution in [2.75, 3.05) is 6.54 Å². The number of hydrogen-bond donors (Lipinski definition) is 2. The standard InChI is InChI=1S/C13H18INO3S/c1-8(2)3-9(4-12(16)17)6-15-13(18)10-5-11(14)19-7-10/h5,7-9H,3-4,6H2,1-2H3,(H,15,18)(H,16,17). The first kappa shape index (κ1) is 16.4. The van der Waals surface area contributed by atoms with Gasteiger partial charge in [-0.3, -0.25) is 9.59 Å². The Hall–Kier alpha value is -0.630. The number of carboxylic acid groups (broad SMARTS) is 1. The number of carbonyl (C=O) groups is 2. The molecule has 4 nitrogen and oxygen atoms in total. The third kappa shape index (κ3) is 6.38. The van der Waals surface area contributed by atoms with Crippen LogP contribution < -0.4 is 5.32 Å². The topological polar surface area (TPSA) is 66.4 Å². The molecule has 1 rings (SSSR count). The smallest absolute Gasteiger partial charge is 0.303 e. The third-order valence-electron chi connectivity index (χ3n) is 2.65. The molecule has 0 radical (unpaired) electrons. The molecule has 0 saturated heterocycles. The van der Waals surface area contributed by atoms with Crippen LogP contribution in [0.1, 0.15) is 37.0 Å². The summed E-state index contributed by atoms with van der Waals surface area (Å²) in [6.07, 6.45) is 0.896. The highest BCUT2D eigenvalue weighted by Gasteiger charge is 2.17. The van der Waals surface area contributed by atoms with Gasteiger partial charge in [0.05, 0.1) is 8.45 Å². The predicted molar refractivity (Wildman–Crippen MR) is 84.6 cm³/mol. The minimum atomic E-state index is -0.815. The van der Waals surface area contributed by atoms with E-state index >= 15 is 0 Å². The Labute approximate surface area is 130 Å². The van der Waals surface area contributed by atoms with Crippen LogP contribution in [0.5, 0.6) is 0 Å². The number of carboxylic acids is 1. The molecule has 6 heteroatoms. The zero-order valence-electron chi connectivity index (χ0n) is 11.0. The van der Waals surface area contributed by atoms with Crippen LogP contribution in [0.4, 0.5) is 0 Å². The number of halogens is 1. The van der Waals surface area contributed by atoms with Crippen LogP contribution in [0.15, 0.2) is 11.4 Å². The van der Waals surface area contributed by atoms with E-state index < -0.39 is 5.97 Å². The average Bonchev–Trinajstić information content (AvgIpc) is 2.71. The lowest BCUT2D eigenvalue weighted by Gasteiger charge is -2.17. The number of nitrogens with one attached hydrogen (secondary N) is 1. The molecule has 1 aromatic rings. The average molecular weight is 395 g/mol. The maximum Gasteiger partial charge on any atom is 0.303 e. The number of rotatable bonds is 7. The molecule has 1 atom stereocenters. The molecule has 0 saturated carbocycles. The second-order valence-corrected chi connectivity index (χ2v) is 7.75. The van der Waals surface area contributed by atoms with Gasteiger partial charge in [0.25, 0.3) is 5.91 Å². The maximum absolute atomic E-state index is 11.9. The van der Waals surface area contributed by atoms with Crippen molar-refractivity contribution in [1.29, 1.82) is 0 Å². The van der Waals surface area contributed by atoms with E-state index in [0.717, 1.165) is 9.30 Å². The van der Waals surface area contributed by atoms with Crippen LogP contribution >= 0.6 is 33.9 Å². The Morgan fingerprint density at radius 3 is 2.63 bits per heavy atom. The van der Waals surface area contributed by atoms with Gasteiger partial charge in [0.15, 0.2) is 0 Å². The zero-order chi connectivity index (χ0) is 14.4. The van der Waals surface area contributed by atoms with Crippen LogP contribution in [0.3, 0.4) is 0 Å². The van der Waals surface area contributed by atoms with Crippen molar-refractivity contribution in [1.82, 2.24) is 5.32 Å². The van der Waals surface area contributed by atoms with E-state index in [1.807, 2.05) is 11.4 Å². The lowest BCUT2D eigenvalue weighted by Crippen LogP contribution is -2.30. The van der Waals surface area contributed by atoms with Crippen LogP contribution in [0, 0.1) is 14.7 Å². The van der Waals surface area contributed by atoms with Crippen LogP contribution in [-0.4, -0.2) is 23.5 Å². The molecule has 0 aliphatic carbocycles. The highest BCUT2D eigenvalue weighted by atomic mass is 127. The molecule has 1 aromatic heterocycles. The molecule has 1 heterocycles. The van der Waals surface area contributed by atoms with Gasteiger partial charge in [-0.2, -0.15) is 0 Å². The summed E-state index contributed by atoms with van der Waals surface area (Å²) in [4.78, 5) is 22.7. The van der Waals surface area contributed by atoms with E-state index in [0.29, 0.717) is 18.0 Å². The summed E-state index contributed by atoms with van der Waals surface area (Å²) in [5.74, 6) is -0.536. The van der Waals surface area contributed by atoms with Gasteiger partial charge in [0.1, 0.15) is 0 Å². The fourth-order valence-corrected chi connectivity index (χ4v) is 3.25. The lowest BCUT2D eigenvalue weighted by molar-refractivity contribution is -0.138. The molecule has 0 spiro atoms. The molecule has 0 aliphatic rings. The first-order valence-electron chi connectivity index (χ1n) is 6.12. The van der Waals surface area contributed by atoms with E-state index in [4.69, 9.17) is 5.11 Å². The van der Waals surface area contributed by atoms with E-state index in [1.165, 1.54) is 11.3 Å². The summed E-state index contributed by atoms with van der Waals surface area (Å²) >= 11 is 3.69. The fourth-order valence-electron chi connectivity index (χ4n) is 1.92. The Bertz CT molecular complexity index is 445. The number of amides is 1. The molecule has 1 unspecified atom stereocenters. The van der Waals surface area contributed by atoms with Crippen molar-refractivity contribution >= 4 is 45.8 Å². The van der Waals surface area contributed by atoms with Crippen LogP contribution in [0.25, 0.3) is 0 Å². The molecular formula is C13H18INO3S. The van der Waals surface area contributed by atoms with Gasteiger partial charge in [-0.15, -0.1) is 11.3 Å². The van der Waals surface area contributed by atoms with Crippen molar-refractivity contribution in [3.63, 3.8) is 0 Å². The first-order valence-corrected chi connectivity index (χ1v) is 8.08. The van der Waals surface area contributed by atoms with E-state index in [2.05, 4.69) is 41.8 Å². The molecule has 2 N–H and O–H groups in total. The summed E-state index contributed by atoms with van der Waals surface area (Å²) < 4.78 is 1.06. The Morgan fingerprint density at radius 1 is 1.47 bits per heavy atom. The van der Waals surface area contributed by atoms with Gasteiger partial charge >= 0.3 is 5.97 Å². The van der Waals surface area contributed by atoms with Crippen molar-refractivity contribution in [3.8, 4) is 0 Å². The summed E-state index contributed by atoms with van der Waals surface area (Å²) in [5.41, 5.74) is 0.646. The Kier molecular flexibility index (Phi) is 6.78. The molecule has 1 amide bonds. The van der Waals surface area contributed by atoms with Gasteiger partial charge in [0.2, 0.25) is 0 Å². The number of hydrogen-bond acceptors (Lipinski definition) is 3. The van der Waals surface area contributed by atoms with Gasteiger partial charge in [-0.1, -0.05) is 13.8 Å². The Morgan fingerprint density at radius 2 is 2.16 bits per heavy atom. The van der Waals surface area contributed by atoms with E-state index in [-0.39, 0.29) is 18.2 Å². The van der Waals surface area contributed by atoms with Crippen LogP contribution in [0.2, 0.25) is 0 Å². The Balaban J connectivity index is 2.50. The normalized spacial score (nSPS) is 12.4. The van der Waals surface area contributed by atoms with Gasteiger partial charge in [-0.25, -0.2) is 0 Å². The molecule has 0 fully saturated rings. The molecule has 19 heavy (non-hydrogen) atoms. The fraction of sp³-hybridized carbons (Fsp3) is 0.538. The quantitative estimate of drug-likeness (QED) is 0.697. The number of thiophene rings is 1. The monoisotopic (exact) mass is 395 g/mol.